The summed E-state index contributed by atoms with van der Waals surface area (Å²) < 4.78 is 5.61. The molecule has 1 heterocycles. The Kier molecular flexibility index (Phi) is 3.97. The van der Waals surface area contributed by atoms with Crippen molar-refractivity contribution in [2.75, 3.05) is 0 Å². The van der Waals surface area contributed by atoms with Crippen molar-refractivity contribution in [2.45, 2.75) is 26.4 Å². The lowest BCUT2D eigenvalue weighted by Crippen LogP contribution is -2.38. The van der Waals surface area contributed by atoms with E-state index in [4.69, 9.17) is 16.3 Å². The highest BCUT2D eigenvalue weighted by Crippen LogP contribution is 2.29. The average Bonchev–Trinajstić information content (AvgIpc) is 2.92. The fraction of sp³-hybridized carbons (Fsp3) is 0.222. The van der Waals surface area contributed by atoms with Crippen molar-refractivity contribution in [3.8, 4) is 17.1 Å². The lowest BCUT2D eigenvalue weighted by atomic mass is 10.1. The number of carbonyl (C=O) groups is 1. The number of aromatic amines is 1. The molecule has 0 fully saturated rings. The van der Waals surface area contributed by atoms with Crippen LogP contribution in [0.15, 0.2) is 36.4 Å². The van der Waals surface area contributed by atoms with E-state index in [0.717, 1.165) is 28.0 Å². The van der Waals surface area contributed by atoms with E-state index >= 15 is 0 Å². The number of ether oxygens (including phenoxy) is 1. The Labute approximate surface area is 144 Å². The molecule has 0 aliphatic heterocycles. The number of H-pyrrole nitrogens is 1. The van der Waals surface area contributed by atoms with Gasteiger partial charge in [0.15, 0.2) is 5.60 Å². The van der Waals surface area contributed by atoms with Gasteiger partial charge in [0.2, 0.25) is 0 Å². The van der Waals surface area contributed by atoms with Gasteiger partial charge in [0.05, 0.1) is 11.0 Å². The fourth-order valence-electron chi connectivity index (χ4n) is 2.35. The van der Waals surface area contributed by atoms with E-state index in [9.17, 15) is 9.90 Å². The summed E-state index contributed by atoms with van der Waals surface area (Å²) in [4.78, 5) is 19.0. The first kappa shape index (κ1) is 16.3. The molecule has 0 spiro atoms. The van der Waals surface area contributed by atoms with Crippen LogP contribution in [-0.4, -0.2) is 26.6 Å². The normalized spacial score (nSPS) is 11.7. The number of halogens is 1. The van der Waals surface area contributed by atoms with Crippen molar-refractivity contribution in [2.24, 2.45) is 0 Å². The molecule has 0 amide bonds. The van der Waals surface area contributed by atoms with Gasteiger partial charge in [-0.15, -0.1) is 0 Å². The SMILES string of the molecule is Cc1cc(-c2nc3ccc(Cl)cc3[nH]2)ccc1OC(C)(C)C(=O)O. The molecule has 1 aromatic heterocycles. The Morgan fingerprint density at radius 1 is 1.25 bits per heavy atom. The number of nitrogens with zero attached hydrogens (tertiary/aromatic N) is 1. The van der Waals surface area contributed by atoms with E-state index < -0.39 is 11.6 Å². The number of fused-ring (bicyclic) bond motifs is 1. The molecule has 0 atom stereocenters. The number of carboxylic acid groups (broad SMARTS) is 1. The van der Waals surface area contributed by atoms with Crippen molar-refractivity contribution < 1.29 is 14.6 Å². The monoisotopic (exact) mass is 344 g/mol. The molecular weight excluding hydrogens is 328 g/mol. The Morgan fingerprint density at radius 2 is 2.00 bits per heavy atom. The molecule has 0 aliphatic carbocycles. The summed E-state index contributed by atoms with van der Waals surface area (Å²) in [5, 5.41) is 9.83. The van der Waals surface area contributed by atoms with Crippen LogP contribution in [0.5, 0.6) is 5.75 Å². The highest BCUT2D eigenvalue weighted by atomic mass is 35.5. The van der Waals surface area contributed by atoms with Crippen molar-refractivity contribution >= 4 is 28.6 Å². The highest BCUT2D eigenvalue weighted by Gasteiger charge is 2.29. The number of rotatable bonds is 4. The van der Waals surface area contributed by atoms with Crippen molar-refractivity contribution in [1.82, 2.24) is 9.97 Å². The molecule has 0 bridgehead atoms. The molecule has 0 aliphatic rings. The third-order valence-electron chi connectivity index (χ3n) is 3.77. The molecule has 124 valence electrons. The first-order valence-corrected chi connectivity index (χ1v) is 7.83. The van der Waals surface area contributed by atoms with Gasteiger partial charge < -0.3 is 14.8 Å². The fourth-order valence-corrected chi connectivity index (χ4v) is 2.52. The number of hydrogen-bond acceptors (Lipinski definition) is 3. The van der Waals surface area contributed by atoms with Crippen LogP contribution in [-0.2, 0) is 4.79 Å². The zero-order valence-corrected chi connectivity index (χ0v) is 14.3. The van der Waals surface area contributed by atoms with Crippen LogP contribution in [0.25, 0.3) is 22.4 Å². The molecule has 24 heavy (non-hydrogen) atoms. The van der Waals surface area contributed by atoms with E-state index in [1.54, 1.807) is 12.1 Å². The van der Waals surface area contributed by atoms with Crippen LogP contribution >= 0.6 is 11.6 Å². The van der Waals surface area contributed by atoms with Crippen LogP contribution in [0.3, 0.4) is 0 Å². The van der Waals surface area contributed by atoms with Crippen LogP contribution in [0.4, 0.5) is 0 Å². The van der Waals surface area contributed by atoms with Gasteiger partial charge in [-0.05, 0) is 62.7 Å². The average molecular weight is 345 g/mol. The standard InChI is InChI=1S/C18H17ClN2O3/c1-10-8-11(4-7-15(10)24-18(2,3)17(22)23)16-20-13-6-5-12(19)9-14(13)21-16/h4-9H,1-3H3,(H,20,21)(H,22,23). The van der Waals surface area contributed by atoms with E-state index in [1.165, 1.54) is 13.8 Å². The molecule has 3 rings (SSSR count). The van der Waals surface area contributed by atoms with Gasteiger partial charge in [-0.2, -0.15) is 0 Å². The van der Waals surface area contributed by atoms with E-state index in [-0.39, 0.29) is 0 Å². The minimum absolute atomic E-state index is 0.533. The van der Waals surface area contributed by atoms with Crippen LogP contribution < -0.4 is 4.74 Å². The van der Waals surface area contributed by atoms with Gasteiger partial charge >= 0.3 is 5.97 Å². The predicted molar refractivity (Wildman–Crippen MR) is 93.6 cm³/mol. The second-order valence-electron chi connectivity index (χ2n) is 6.14. The first-order valence-electron chi connectivity index (χ1n) is 7.45. The molecule has 6 heteroatoms. The topological polar surface area (TPSA) is 75.2 Å². The third kappa shape index (κ3) is 3.08. The Bertz CT molecular complexity index is 931. The van der Waals surface area contributed by atoms with Gasteiger partial charge in [-0.1, -0.05) is 11.6 Å². The van der Waals surface area contributed by atoms with E-state index in [2.05, 4.69) is 9.97 Å². The third-order valence-corrected chi connectivity index (χ3v) is 4.01. The quantitative estimate of drug-likeness (QED) is 0.734. The van der Waals surface area contributed by atoms with Crippen LogP contribution in [0.1, 0.15) is 19.4 Å². The Balaban J connectivity index is 1.95. The number of aromatic nitrogens is 2. The zero-order valence-electron chi connectivity index (χ0n) is 13.6. The molecule has 2 N–H and O–H groups in total. The number of imidazole rings is 1. The van der Waals surface area contributed by atoms with Crippen LogP contribution in [0.2, 0.25) is 5.02 Å². The molecule has 0 saturated heterocycles. The summed E-state index contributed by atoms with van der Waals surface area (Å²) in [7, 11) is 0. The molecule has 0 radical (unpaired) electrons. The largest absolute Gasteiger partial charge is 0.478 e. The summed E-state index contributed by atoms with van der Waals surface area (Å²) >= 11 is 5.99. The summed E-state index contributed by atoms with van der Waals surface area (Å²) in [6.45, 7) is 4.91. The molecular formula is C18H17ClN2O3. The van der Waals surface area contributed by atoms with Gasteiger partial charge in [-0.25, -0.2) is 9.78 Å². The predicted octanol–water partition coefficient (Wildman–Crippen LogP) is 4.43. The van der Waals surface area contributed by atoms with E-state index in [1.807, 2.05) is 31.2 Å². The molecule has 0 unspecified atom stereocenters. The van der Waals surface area contributed by atoms with Crippen LogP contribution in [0, 0.1) is 6.92 Å². The minimum atomic E-state index is -1.29. The highest BCUT2D eigenvalue weighted by molar-refractivity contribution is 6.31. The maximum absolute atomic E-state index is 11.2. The maximum atomic E-state index is 11.2. The van der Waals surface area contributed by atoms with Crippen molar-refractivity contribution in [3.63, 3.8) is 0 Å². The number of benzene rings is 2. The molecule has 2 aromatic carbocycles. The lowest BCUT2D eigenvalue weighted by Gasteiger charge is -2.22. The van der Waals surface area contributed by atoms with E-state index in [0.29, 0.717) is 10.8 Å². The number of hydrogen-bond donors (Lipinski definition) is 2. The summed E-state index contributed by atoms with van der Waals surface area (Å²) in [6.07, 6.45) is 0. The summed E-state index contributed by atoms with van der Waals surface area (Å²) in [5.74, 6) is 0.241. The smallest absolute Gasteiger partial charge is 0.347 e. The summed E-state index contributed by atoms with van der Waals surface area (Å²) in [5.41, 5.74) is 2.13. The Morgan fingerprint density at radius 3 is 2.67 bits per heavy atom. The number of carboxylic acids is 1. The second kappa shape index (κ2) is 5.83. The summed E-state index contributed by atoms with van der Waals surface area (Å²) in [6, 6.07) is 11.0. The zero-order chi connectivity index (χ0) is 17.5. The van der Waals surface area contributed by atoms with Crippen molar-refractivity contribution in [3.05, 3.63) is 47.0 Å². The van der Waals surface area contributed by atoms with Gasteiger partial charge in [0.1, 0.15) is 11.6 Å². The number of aryl methyl sites for hydroxylation is 1. The maximum Gasteiger partial charge on any atom is 0.347 e. The first-order chi connectivity index (χ1) is 11.3. The molecule has 5 nitrogen and oxygen atoms in total. The molecule has 0 saturated carbocycles. The van der Waals surface area contributed by atoms with Gasteiger partial charge in [0, 0.05) is 10.6 Å². The number of aliphatic carboxylic acids is 1. The minimum Gasteiger partial charge on any atom is -0.478 e. The second-order valence-corrected chi connectivity index (χ2v) is 6.58. The van der Waals surface area contributed by atoms with Gasteiger partial charge in [-0.3, -0.25) is 0 Å². The Hall–Kier alpha value is -2.53. The number of nitrogens with one attached hydrogen (secondary N) is 1. The lowest BCUT2D eigenvalue weighted by molar-refractivity contribution is -0.152. The molecule has 3 aromatic rings. The van der Waals surface area contributed by atoms with Crippen molar-refractivity contribution in [1.29, 1.82) is 0 Å². The van der Waals surface area contributed by atoms with Gasteiger partial charge in [0.25, 0.3) is 0 Å².